The standard InChI is InChI=1S/C14H30N2O/c1-5-14-10-15-13(4)11-16(14)7-9-17-8-6-12(2)3/h12-15H,5-11H2,1-4H3. The van der Waals surface area contributed by atoms with Crippen LogP contribution in [0.15, 0.2) is 0 Å². The molecule has 2 unspecified atom stereocenters. The maximum Gasteiger partial charge on any atom is 0.0593 e. The summed E-state index contributed by atoms with van der Waals surface area (Å²) in [6, 6.07) is 1.31. The van der Waals surface area contributed by atoms with Crippen LogP contribution in [0.5, 0.6) is 0 Å². The lowest BCUT2D eigenvalue weighted by Crippen LogP contribution is -2.55. The average molecular weight is 242 g/mol. The Bertz CT molecular complexity index is 197. The van der Waals surface area contributed by atoms with Gasteiger partial charge in [-0.2, -0.15) is 0 Å². The maximum atomic E-state index is 5.71. The zero-order chi connectivity index (χ0) is 12.7. The molecule has 1 saturated heterocycles. The van der Waals surface area contributed by atoms with Crippen molar-refractivity contribution in [1.29, 1.82) is 0 Å². The Morgan fingerprint density at radius 3 is 2.76 bits per heavy atom. The lowest BCUT2D eigenvalue weighted by atomic mass is 10.1. The van der Waals surface area contributed by atoms with Crippen molar-refractivity contribution in [3.63, 3.8) is 0 Å². The third-order valence-electron chi connectivity index (χ3n) is 3.56. The highest BCUT2D eigenvalue weighted by Crippen LogP contribution is 2.09. The first-order valence-electron chi connectivity index (χ1n) is 7.18. The first-order valence-corrected chi connectivity index (χ1v) is 7.18. The fraction of sp³-hybridized carbons (Fsp3) is 1.00. The van der Waals surface area contributed by atoms with Gasteiger partial charge < -0.3 is 10.1 Å². The summed E-state index contributed by atoms with van der Waals surface area (Å²) in [6.45, 7) is 14.2. The van der Waals surface area contributed by atoms with E-state index >= 15 is 0 Å². The molecule has 102 valence electrons. The number of rotatable bonds is 7. The summed E-state index contributed by atoms with van der Waals surface area (Å²) >= 11 is 0. The van der Waals surface area contributed by atoms with E-state index in [0.29, 0.717) is 12.1 Å². The van der Waals surface area contributed by atoms with Crippen molar-refractivity contribution < 1.29 is 4.74 Å². The van der Waals surface area contributed by atoms with Crippen molar-refractivity contribution in [3.8, 4) is 0 Å². The van der Waals surface area contributed by atoms with Gasteiger partial charge in [0.05, 0.1) is 6.61 Å². The Hall–Kier alpha value is -0.120. The molecule has 0 bridgehead atoms. The molecular weight excluding hydrogens is 212 g/mol. The second-order valence-corrected chi connectivity index (χ2v) is 5.66. The summed E-state index contributed by atoms with van der Waals surface area (Å²) in [4.78, 5) is 2.58. The monoisotopic (exact) mass is 242 g/mol. The SMILES string of the molecule is CCC1CNC(C)CN1CCOCCC(C)C. The summed E-state index contributed by atoms with van der Waals surface area (Å²) in [7, 11) is 0. The van der Waals surface area contributed by atoms with Gasteiger partial charge in [0.2, 0.25) is 0 Å². The number of hydrogen-bond donors (Lipinski definition) is 1. The third-order valence-corrected chi connectivity index (χ3v) is 3.56. The van der Waals surface area contributed by atoms with Gasteiger partial charge in [-0.25, -0.2) is 0 Å². The van der Waals surface area contributed by atoms with Crippen LogP contribution in [0.25, 0.3) is 0 Å². The zero-order valence-electron chi connectivity index (χ0n) is 12.0. The Morgan fingerprint density at radius 2 is 2.12 bits per heavy atom. The Morgan fingerprint density at radius 1 is 1.35 bits per heavy atom. The molecule has 0 aromatic heterocycles. The van der Waals surface area contributed by atoms with Gasteiger partial charge in [-0.05, 0) is 25.7 Å². The van der Waals surface area contributed by atoms with E-state index in [0.717, 1.165) is 38.8 Å². The molecule has 3 nitrogen and oxygen atoms in total. The minimum Gasteiger partial charge on any atom is -0.380 e. The average Bonchev–Trinajstić information content (AvgIpc) is 2.28. The highest BCUT2D eigenvalue weighted by atomic mass is 16.5. The van der Waals surface area contributed by atoms with E-state index in [-0.39, 0.29) is 0 Å². The van der Waals surface area contributed by atoms with Gasteiger partial charge in [0.1, 0.15) is 0 Å². The van der Waals surface area contributed by atoms with Crippen molar-refractivity contribution >= 4 is 0 Å². The van der Waals surface area contributed by atoms with Crippen LogP contribution in [0.4, 0.5) is 0 Å². The molecule has 0 aromatic rings. The van der Waals surface area contributed by atoms with Gasteiger partial charge in [-0.15, -0.1) is 0 Å². The normalized spacial score (nSPS) is 26.6. The van der Waals surface area contributed by atoms with E-state index in [9.17, 15) is 0 Å². The van der Waals surface area contributed by atoms with Crippen LogP contribution in [0.2, 0.25) is 0 Å². The quantitative estimate of drug-likeness (QED) is 0.692. The van der Waals surface area contributed by atoms with Gasteiger partial charge in [0.25, 0.3) is 0 Å². The minimum atomic E-state index is 0.619. The molecule has 0 saturated carbocycles. The smallest absolute Gasteiger partial charge is 0.0593 e. The first kappa shape index (κ1) is 14.9. The molecule has 0 aliphatic carbocycles. The van der Waals surface area contributed by atoms with Gasteiger partial charge >= 0.3 is 0 Å². The molecular formula is C14H30N2O. The maximum absolute atomic E-state index is 5.71. The van der Waals surface area contributed by atoms with E-state index in [2.05, 4.69) is 37.9 Å². The topological polar surface area (TPSA) is 24.5 Å². The number of ether oxygens (including phenoxy) is 1. The molecule has 1 fully saturated rings. The lowest BCUT2D eigenvalue weighted by Gasteiger charge is -2.38. The molecule has 0 aromatic carbocycles. The Kier molecular flexibility index (Phi) is 7.09. The predicted molar refractivity (Wildman–Crippen MR) is 73.4 cm³/mol. The molecule has 0 amide bonds. The van der Waals surface area contributed by atoms with Crippen LogP contribution >= 0.6 is 0 Å². The molecule has 1 aliphatic heterocycles. The molecule has 2 atom stereocenters. The van der Waals surface area contributed by atoms with Crippen LogP contribution in [-0.2, 0) is 4.74 Å². The van der Waals surface area contributed by atoms with Gasteiger partial charge in [0, 0.05) is 38.3 Å². The number of piperazine rings is 1. The predicted octanol–water partition coefficient (Wildman–Crippen LogP) is 2.12. The summed E-state index contributed by atoms with van der Waals surface area (Å²) < 4.78 is 5.71. The van der Waals surface area contributed by atoms with Gasteiger partial charge in [0.15, 0.2) is 0 Å². The first-order chi connectivity index (χ1) is 8.13. The highest BCUT2D eigenvalue weighted by Gasteiger charge is 2.23. The Labute approximate surface area is 107 Å². The summed E-state index contributed by atoms with van der Waals surface area (Å²) in [5.41, 5.74) is 0. The van der Waals surface area contributed by atoms with Gasteiger partial charge in [-0.1, -0.05) is 20.8 Å². The van der Waals surface area contributed by atoms with Crippen molar-refractivity contribution in [2.45, 2.75) is 52.6 Å². The second-order valence-electron chi connectivity index (χ2n) is 5.66. The van der Waals surface area contributed by atoms with Crippen LogP contribution in [-0.4, -0.2) is 49.8 Å². The van der Waals surface area contributed by atoms with E-state index in [4.69, 9.17) is 4.74 Å². The van der Waals surface area contributed by atoms with Crippen molar-refractivity contribution in [3.05, 3.63) is 0 Å². The van der Waals surface area contributed by atoms with Crippen LogP contribution < -0.4 is 5.32 Å². The van der Waals surface area contributed by atoms with E-state index in [1.165, 1.54) is 12.8 Å². The molecule has 0 radical (unpaired) electrons. The third kappa shape index (κ3) is 5.84. The van der Waals surface area contributed by atoms with E-state index < -0.39 is 0 Å². The van der Waals surface area contributed by atoms with Crippen molar-refractivity contribution in [2.24, 2.45) is 5.92 Å². The highest BCUT2D eigenvalue weighted by molar-refractivity contribution is 4.83. The largest absolute Gasteiger partial charge is 0.380 e. The van der Waals surface area contributed by atoms with Crippen LogP contribution in [0.3, 0.4) is 0 Å². The number of nitrogens with zero attached hydrogens (tertiary/aromatic N) is 1. The molecule has 17 heavy (non-hydrogen) atoms. The molecule has 3 heteroatoms. The molecule has 1 rings (SSSR count). The molecule has 1 N–H and O–H groups in total. The number of hydrogen-bond acceptors (Lipinski definition) is 3. The van der Waals surface area contributed by atoms with Gasteiger partial charge in [-0.3, -0.25) is 4.90 Å². The summed E-state index contributed by atoms with van der Waals surface area (Å²) in [5.74, 6) is 0.748. The van der Waals surface area contributed by atoms with Crippen molar-refractivity contribution in [1.82, 2.24) is 10.2 Å². The number of nitrogens with one attached hydrogen (secondary N) is 1. The van der Waals surface area contributed by atoms with Crippen LogP contribution in [0, 0.1) is 5.92 Å². The van der Waals surface area contributed by atoms with Crippen molar-refractivity contribution in [2.75, 3.05) is 32.8 Å². The molecule has 0 spiro atoms. The Balaban J connectivity index is 2.14. The zero-order valence-corrected chi connectivity index (χ0v) is 12.0. The molecule has 1 aliphatic rings. The summed E-state index contributed by atoms with van der Waals surface area (Å²) in [6.07, 6.45) is 2.40. The van der Waals surface area contributed by atoms with E-state index in [1.54, 1.807) is 0 Å². The minimum absolute atomic E-state index is 0.619. The fourth-order valence-corrected chi connectivity index (χ4v) is 2.31. The molecule has 1 heterocycles. The summed E-state index contributed by atoms with van der Waals surface area (Å²) in [5, 5.41) is 3.55. The fourth-order valence-electron chi connectivity index (χ4n) is 2.31. The van der Waals surface area contributed by atoms with Crippen LogP contribution in [0.1, 0.15) is 40.5 Å². The second kappa shape index (κ2) is 8.06. The lowest BCUT2D eigenvalue weighted by molar-refractivity contribution is 0.0623. The van der Waals surface area contributed by atoms with E-state index in [1.807, 2.05) is 0 Å².